The van der Waals surface area contributed by atoms with Crippen molar-refractivity contribution in [1.29, 1.82) is 0 Å². The molecule has 1 rings (SSSR count). The Hall–Kier alpha value is -1.92. The predicted octanol–water partition coefficient (Wildman–Crippen LogP) is 2.48. The van der Waals surface area contributed by atoms with E-state index in [1.165, 1.54) is 0 Å². The van der Waals surface area contributed by atoms with Gasteiger partial charge in [-0.25, -0.2) is 4.39 Å². The second-order valence-electron chi connectivity index (χ2n) is 3.41. The van der Waals surface area contributed by atoms with Crippen LogP contribution in [-0.2, 0) is 26.9 Å². The van der Waals surface area contributed by atoms with Gasteiger partial charge >= 0.3 is 18.1 Å². The minimum absolute atomic E-state index is 0.652. The molecule has 0 spiro atoms. The molecule has 0 saturated carbocycles. The first-order chi connectivity index (χ1) is 8.21. The first kappa shape index (κ1) is 14.1. The fourth-order valence-electron chi connectivity index (χ4n) is 1.34. The molecule has 3 nitrogen and oxygen atoms in total. The average molecular weight is 264 g/mol. The van der Waals surface area contributed by atoms with E-state index in [9.17, 15) is 27.2 Å². The van der Waals surface area contributed by atoms with Crippen LogP contribution >= 0.6 is 0 Å². The van der Waals surface area contributed by atoms with E-state index in [0.29, 0.717) is 6.07 Å². The number of halogens is 4. The fraction of sp³-hybridized carbons (Fsp3) is 0.273. The van der Waals surface area contributed by atoms with Crippen molar-refractivity contribution in [2.45, 2.75) is 19.5 Å². The number of rotatable bonds is 2. The van der Waals surface area contributed by atoms with Crippen LogP contribution in [0.5, 0.6) is 0 Å². The van der Waals surface area contributed by atoms with Crippen LogP contribution in [0.1, 0.15) is 18.1 Å². The molecule has 1 aromatic carbocycles. The van der Waals surface area contributed by atoms with E-state index in [1.807, 2.05) is 0 Å². The monoisotopic (exact) mass is 264 g/mol. The molecule has 0 aromatic heterocycles. The van der Waals surface area contributed by atoms with E-state index in [0.717, 1.165) is 19.1 Å². The van der Waals surface area contributed by atoms with E-state index in [2.05, 4.69) is 4.74 Å². The molecule has 0 fully saturated rings. The van der Waals surface area contributed by atoms with Crippen molar-refractivity contribution in [2.75, 3.05) is 0 Å². The molecular formula is C11H8F4O3. The number of hydrogen-bond acceptors (Lipinski definition) is 3. The first-order valence-electron chi connectivity index (χ1n) is 4.77. The highest BCUT2D eigenvalue weighted by Gasteiger charge is 2.35. The molecule has 0 radical (unpaired) electrons. The van der Waals surface area contributed by atoms with Crippen LogP contribution in [0, 0.1) is 5.82 Å². The minimum atomic E-state index is -4.78. The van der Waals surface area contributed by atoms with Crippen molar-refractivity contribution < 1.29 is 31.9 Å². The number of carbonyl (C=O) groups excluding carboxylic acids is 2. The van der Waals surface area contributed by atoms with Gasteiger partial charge in [0.05, 0.1) is 12.0 Å². The summed E-state index contributed by atoms with van der Waals surface area (Å²) in [6.07, 6.45) is -5.74. The Balaban J connectivity index is 3.08. The number of ether oxygens (including phenoxy) is 1. The van der Waals surface area contributed by atoms with E-state index >= 15 is 0 Å². The van der Waals surface area contributed by atoms with Gasteiger partial charge in [-0.2, -0.15) is 13.2 Å². The second-order valence-corrected chi connectivity index (χ2v) is 3.41. The highest BCUT2D eigenvalue weighted by atomic mass is 19.4. The van der Waals surface area contributed by atoms with Crippen LogP contribution in [0.3, 0.4) is 0 Å². The Morgan fingerprint density at radius 2 is 1.89 bits per heavy atom. The van der Waals surface area contributed by atoms with Gasteiger partial charge < -0.3 is 4.74 Å². The molecule has 0 aliphatic rings. The first-order valence-corrected chi connectivity index (χ1v) is 4.77. The topological polar surface area (TPSA) is 43.4 Å². The lowest BCUT2D eigenvalue weighted by Gasteiger charge is -2.12. The van der Waals surface area contributed by atoms with Gasteiger partial charge in [0.25, 0.3) is 0 Å². The Kier molecular flexibility index (Phi) is 4.05. The summed E-state index contributed by atoms with van der Waals surface area (Å²) in [6.45, 7) is 0.921. The molecule has 0 N–H and O–H groups in total. The number of esters is 2. The lowest BCUT2D eigenvalue weighted by atomic mass is 10.0. The molecule has 0 amide bonds. The summed E-state index contributed by atoms with van der Waals surface area (Å²) in [4.78, 5) is 21.5. The summed E-state index contributed by atoms with van der Waals surface area (Å²) in [7, 11) is 0. The SMILES string of the molecule is CC(=O)OC(=O)Cc1c(F)cccc1C(F)(F)F. The lowest BCUT2D eigenvalue weighted by molar-refractivity contribution is -0.157. The number of hydrogen-bond donors (Lipinski definition) is 0. The third kappa shape index (κ3) is 3.54. The van der Waals surface area contributed by atoms with E-state index in [4.69, 9.17) is 0 Å². The van der Waals surface area contributed by atoms with Gasteiger partial charge in [0.2, 0.25) is 0 Å². The molecule has 0 unspecified atom stereocenters. The molecule has 18 heavy (non-hydrogen) atoms. The van der Waals surface area contributed by atoms with Gasteiger partial charge in [0.15, 0.2) is 0 Å². The van der Waals surface area contributed by atoms with Gasteiger partial charge in [0, 0.05) is 12.5 Å². The van der Waals surface area contributed by atoms with Gasteiger partial charge in [-0.05, 0) is 12.1 Å². The normalized spacial score (nSPS) is 11.2. The third-order valence-corrected chi connectivity index (χ3v) is 2.00. The van der Waals surface area contributed by atoms with Crippen LogP contribution in [0.25, 0.3) is 0 Å². The molecule has 0 aliphatic heterocycles. The quantitative estimate of drug-likeness (QED) is 0.468. The molecule has 0 bridgehead atoms. The highest BCUT2D eigenvalue weighted by molar-refractivity contribution is 5.85. The Bertz CT molecular complexity index is 480. The minimum Gasteiger partial charge on any atom is -0.393 e. The molecule has 98 valence electrons. The smallest absolute Gasteiger partial charge is 0.393 e. The number of alkyl halides is 3. The molecular weight excluding hydrogens is 256 g/mol. The van der Waals surface area contributed by atoms with E-state index in [-0.39, 0.29) is 0 Å². The van der Waals surface area contributed by atoms with Crippen LogP contribution < -0.4 is 0 Å². The van der Waals surface area contributed by atoms with Crippen molar-refractivity contribution in [1.82, 2.24) is 0 Å². The van der Waals surface area contributed by atoms with Gasteiger partial charge in [-0.15, -0.1) is 0 Å². The molecule has 0 aliphatic carbocycles. The van der Waals surface area contributed by atoms with Crippen molar-refractivity contribution in [3.63, 3.8) is 0 Å². The second kappa shape index (κ2) is 5.16. The largest absolute Gasteiger partial charge is 0.416 e. The van der Waals surface area contributed by atoms with Crippen LogP contribution in [0.4, 0.5) is 17.6 Å². The van der Waals surface area contributed by atoms with Crippen molar-refractivity contribution in [3.05, 3.63) is 35.1 Å². The lowest BCUT2D eigenvalue weighted by Crippen LogP contribution is -2.17. The van der Waals surface area contributed by atoms with E-state index in [1.54, 1.807) is 0 Å². The standard InChI is InChI=1S/C11H8F4O3/c1-6(16)18-10(17)5-7-8(11(13,14)15)3-2-4-9(7)12/h2-4H,5H2,1H3. The molecule has 0 heterocycles. The maximum Gasteiger partial charge on any atom is 0.416 e. The van der Waals surface area contributed by atoms with Crippen molar-refractivity contribution >= 4 is 11.9 Å². The summed E-state index contributed by atoms with van der Waals surface area (Å²) in [5.74, 6) is -3.38. The van der Waals surface area contributed by atoms with Crippen LogP contribution in [0.15, 0.2) is 18.2 Å². The summed E-state index contributed by atoms with van der Waals surface area (Å²) in [5.41, 5.74) is -2.10. The Morgan fingerprint density at radius 1 is 1.28 bits per heavy atom. The van der Waals surface area contributed by atoms with Gasteiger partial charge in [0.1, 0.15) is 5.82 Å². The van der Waals surface area contributed by atoms with Crippen molar-refractivity contribution in [3.8, 4) is 0 Å². The molecule has 0 atom stereocenters. The number of carbonyl (C=O) groups is 2. The third-order valence-electron chi connectivity index (χ3n) is 2.00. The molecule has 0 saturated heterocycles. The zero-order valence-electron chi connectivity index (χ0n) is 9.18. The zero-order valence-corrected chi connectivity index (χ0v) is 9.18. The van der Waals surface area contributed by atoms with Gasteiger partial charge in [-0.1, -0.05) is 6.07 Å². The maximum absolute atomic E-state index is 13.3. The predicted molar refractivity (Wildman–Crippen MR) is 51.9 cm³/mol. The summed E-state index contributed by atoms with van der Waals surface area (Å²) >= 11 is 0. The van der Waals surface area contributed by atoms with E-state index < -0.39 is 41.5 Å². The highest BCUT2D eigenvalue weighted by Crippen LogP contribution is 2.33. The fourth-order valence-corrected chi connectivity index (χ4v) is 1.34. The van der Waals surface area contributed by atoms with Crippen molar-refractivity contribution in [2.24, 2.45) is 0 Å². The van der Waals surface area contributed by atoms with Crippen LogP contribution in [0.2, 0.25) is 0 Å². The average Bonchev–Trinajstić information content (AvgIpc) is 2.18. The maximum atomic E-state index is 13.3. The summed E-state index contributed by atoms with van der Waals surface area (Å²) in [6, 6.07) is 2.34. The number of benzene rings is 1. The molecule has 1 aromatic rings. The summed E-state index contributed by atoms with van der Waals surface area (Å²) < 4.78 is 55.0. The van der Waals surface area contributed by atoms with Gasteiger partial charge in [-0.3, -0.25) is 9.59 Å². The Morgan fingerprint density at radius 3 is 2.39 bits per heavy atom. The summed E-state index contributed by atoms with van der Waals surface area (Å²) in [5, 5.41) is 0. The Labute approximate surface area is 99.4 Å². The molecule has 7 heteroatoms. The zero-order chi connectivity index (χ0) is 13.9. The van der Waals surface area contributed by atoms with Crippen LogP contribution in [-0.4, -0.2) is 11.9 Å².